The van der Waals surface area contributed by atoms with E-state index in [2.05, 4.69) is 19.2 Å². The molecule has 2 fully saturated rings. The molecule has 2 rings (SSSR count). The average molecular weight is 181 g/mol. The molecule has 2 atom stereocenters. The van der Waals surface area contributed by atoms with Gasteiger partial charge in [0.15, 0.2) is 0 Å². The molecule has 1 heteroatoms. The average Bonchev–Trinajstić information content (AvgIpc) is 2.81. The number of rotatable bonds is 3. The minimum atomic E-state index is 0.851. The van der Waals surface area contributed by atoms with Crippen molar-refractivity contribution >= 4 is 0 Å². The molecule has 76 valence electrons. The topological polar surface area (TPSA) is 12.0 Å². The molecule has 0 aliphatic heterocycles. The maximum Gasteiger partial charge on any atom is 0.00673 e. The van der Waals surface area contributed by atoms with Crippen LogP contribution < -0.4 is 5.32 Å². The summed E-state index contributed by atoms with van der Waals surface area (Å²) in [5.74, 6) is 3.01. The number of nitrogens with one attached hydrogen (secondary N) is 1. The first-order valence-corrected chi connectivity index (χ1v) is 5.99. The second kappa shape index (κ2) is 4.00. The Balaban J connectivity index is 1.60. The summed E-state index contributed by atoms with van der Waals surface area (Å²) in [6.45, 7) is 6.05. The SMILES string of the molecule is CC1CCC(NCC2CC2C)CC1. The van der Waals surface area contributed by atoms with E-state index in [1.165, 1.54) is 38.6 Å². The fraction of sp³-hybridized carbons (Fsp3) is 1.00. The molecule has 0 amide bonds. The van der Waals surface area contributed by atoms with E-state index in [1.807, 2.05) is 0 Å². The van der Waals surface area contributed by atoms with Gasteiger partial charge in [-0.15, -0.1) is 0 Å². The van der Waals surface area contributed by atoms with Crippen molar-refractivity contribution in [1.29, 1.82) is 0 Å². The lowest BCUT2D eigenvalue weighted by molar-refractivity contribution is 0.304. The molecule has 0 aromatic carbocycles. The molecule has 1 N–H and O–H groups in total. The van der Waals surface area contributed by atoms with E-state index in [0.717, 1.165) is 23.8 Å². The van der Waals surface area contributed by atoms with Gasteiger partial charge in [0.1, 0.15) is 0 Å². The summed E-state index contributed by atoms with van der Waals surface area (Å²) in [5, 5.41) is 3.73. The second-order valence-corrected chi connectivity index (χ2v) is 5.34. The van der Waals surface area contributed by atoms with E-state index in [-0.39, 0.29) is 0 Å². The monoisotopic (exact) mass is 181 g/mol. The lowest BCUT2D eigenvalue weighted by atomic mass is 9.87. The molecule has 2 aliphatic carbocycles. The van der Waals surface area contributed by atoms with Crippen molar-refractivity contribution in [1.82, 2.24) is 5.32 Å². The summed E-state index contributed by atoms with van der Waals surface area (Å²) < 4.78 is 0. The number of hydrogen-bond acceptors (Lipinski definition) is 1. The van der Waals surface area contributed by atoms with Crippen LogP contribution in [-0.4, -0.2) is 12.6 Å². The summed E-state index contributed by atoms with van der Waals surface area (Å²) in [5.41, 5.74) is 0. The van der Waals surface area contributed by atoms with Crippen LogP contribution in [0.5, 0.6) is 0 Å². The van der Waals surface area contributed by atoms with Gasteiger partial charge in [0, 0.05) is 6.04 Å². The predicted octanol–water partition coefficient (Wildman–Crippen LogP) is 2.81. The minimum absolute atomic E-state index is 0.851. The Morgan fingerprint density at radius 3 is 2.23 bits per heavy atom. The van der Waals surface area contributed by atoms with Crippen molar-refractivity contribution in [3.05, 3.63) is 0 Å². The Labute approximate surface area is 82.3 Å². The fourth-order valence-electron chi connectivity index (χ4n) is 2.47. The van der Waals surface area contributed by atoms with E-state index in [9.17, 15) is 0 Å². The highest BCUT2D eigenvalue weighted by atomic mass is 14.9. The van der Waals surface area contributed by atoms with Crippen molar-refractivity contribution in [3.63, 3.8) is 0 Å². The summed E-state index contributed by atoms with van der Waals surface area (Å²) >= 11 is 0. The van der Waals surface area contributed by atoms with Gasteiger partial charge in [0.2, 0.25) is 0 Å². The normalized spacial score (nSPS) is 44.8. The Morgan fingerprint density at radius 2 is 1.69 bits per heavy atom. The Bertz CT molecular complexity index is 159. The first kappa shape index (κ1) is 9.51. The lowest BCUT2D eigenvalue weighted by Gasteiger charge is -2.27. The quantitative estimate of drug-likeness (QED) is 0.706. The van der Waals surface area contributed by atoms with E-state index in [4.69, 9.17) is 0 Å². The largest absolute Gasteiger partial charge is 0.314 e. The third-order valence-electron chi connectivity index (χ3n) is 3.96. The van der Waals surface area contributed by atoms with Gasteiger partial charge in [-0.1, -0.05) is 13.8 Å². The van der Waals surface area contributed by atoms with Crippen LogP contribution in [-0.2, 0) is 0 Å². The number of hydrogen-bond donors (Lipinski definition) is 1. The third kappa shape index (κ3) is 2.70. The predicted molar refractivity (Wildman–Crippen MR) is 56.7 cm³/mol. The smallest absolute Gasteiger partial charge is 0.00673 e. The maximum absolute atomic E-state index is 3.73. The molecule has 2 aliphatic rings. The van der Waals surface area contributed by atoms with Gasteiger partial charge in [0.25, 0.3) is 0 Å². The Hall–Kier alpha value is -0.0400. The molecule has 0 radical (unpaired) electrons. The zero-order chi connectivity index (χ0) is 9.26. The van der Waals surface area contributed by atoms with Crippen molar-refractivity contribution in [2.24, 2.45) is 17.8 Å². The molecule has 0 saturated heterocycles. The standard InChI is InChI=1S/C12H23N/c1-9-3-5-12(6-4-9)13-8-11-7-10(11)2/h9-13H,3-8H2,1-2H3. The van der Waals surface area contributed by atoms with Crippen LogP contribution in [0, 0.1) is 17.8 Å². The van der Waals surface area contributed by atoms with Crippen LogP contribution in [0.3, 0.4) is 0 Å². The second-order valence-electron chi connectivity index (χ2n) is 5.34. The Kier molecular flexibility index (Phi) is 2.92. The zero-order valence-corrected chi connectivity index (χ0v) is 9.05. The van der Waals surface area contributed by atoms with Crippen LogP contribution in [0.2, 0.25) is 0 Å². The van der Waals surface area contributed by atoms with Gasteiger partial charge in [-0.05, 0) is 56.4 Å². The molecule has 2 saturated carbocycles. The van der Waals surface area contributed by atoms with Crippen LogP contribution in [0.25, 0.3) is 0 Å². The van der Waals surface area contributed by atoms with Gasteiger partial charge in [-0.25, -0.2) is 0 Å². The van der Waals surface area contributed by atoms with Crippen molar-refractivity contribution < 1.29 is 0 Å². The molecule has 0 aromatic heterocycles. The van der Waals surface area contributed by atoms with Gasteiger partial charge in [0.05, 0.1) is 0 Å². The van der Waals surface area contributed by atoms with Crippen LogP contribution in [0.15, 0.2) is 0 Å². The van der Waals surface area contributed by atoms with Crippen molar-refractivity contribution in [3.8, 4) is 0 Å². The summed E-state index contributed by atoms with van der Waals surface area (Å²) in [4.78, 5) is 0. The molecule has 13 heavy (non-hydrogen) atoms. The minimum Gasteiger partial charge on any atom is -0.314 e. The first-order chi connectivity index (χ1) is 6.25. The van der Waals surface area contributed by atoms with E-state index in [1.54, 1.807) is 0 Å². The highest BCUT2D eigenvalue weighted by Crippen LogP contribution is 2.37. The van der Waals surface area contributed by atoms with Gasteiger partial charge in [-0.2, -0.15) is 0 Å². The van der Waals surface area contributed by atoms with Crippen LogP contribution in [0.1, 0.15) is 46.0 Å². The zero-order valence-electron chi connectivity index (χ0n) is 9.05. The molecule has 2 unspecified atom stereocenters. The van der Waals surface area contributed by atoms with Crippen LogP contribution in [0.4, 0.5) is 0 Å². The van der Waals surface area contributed by atoms with Crippen molar-refractivity contribution in [2.75, 3.05) is 6.54 Å². The molecule has 0 heterocycles. The first-order valence-electron chi connectivity index (χ1n) is 5.99. The molecule has 1 nitrogen and oxygen atoms in total. The van der Waals surface area contributed by atoms with Gasteiger partial charge < -0.3 is 5.32 Å². The summed E-state index contributed by atoms with van der Waals surface area (Å²) in [7, 11) is 0. The molecular formula is C12H23N. The molecule has 0 bridgehead atoms. The van der Waals surface area contributed by atoms with E-state index >= 15 is 0 Å². The summed E-state index contributed by atoms with van der Waals surface area (Å²) in [6, 6.07) is 0.851. The van der Waals surface area contributed by atoms with Crippen molar-refractivity contribution in [2.45, 2.75) is 52.0 Å². The lowest BCUT2D eigenvalue weighted by Crippen LogP contribution is -2.34. The summed E-state index contributed by atoms with van der Waals surface area (Å²) in [6.07, 6.45) is 7.19. The highest BCUT2D eigenvalue weighted by molar-refractivity contribution is 4.86. The fourth-order valence-corrected chi connectivity index (χ4v) is 2.47. The Morgan fingerprint density at radius 1 is 1.08 bits per heavy atom. The molecule has 0 spiro atoms. The van der Waals surface area contributed by atoms with Crippen LogP contribution >= 0.6 is 0 Å². The van der Waals surface area contributed by atoms with Gasteiger partial charge >= 0.3 is 0 Å². The molecule has 0 aromatic rings. The van der Waals surface area contributed by atoms with E-state index in [0.29, 0.717) is 0 Å². The molecular weight excluding hydrogens is 158 g/mol. The maximum atomic E-state index is 3.73. The van der Waals surface area contributed by atoms with E-state index < -0.39 is 0 Å². The van der Waals surface area contributed by atoms with Gasteiger partial charge in [-0.3, -0.25) is 0 Å². The highest BCUT2D eigenvalue weighted by Gasteiger charge is 2.32. The third-order valence-corrected chi connectivity index (χ3v) is 3.96.